The molecule has 0 aliphatic heterocycles. The van der Waals surface area contributed by atoms with Crippen molar-refractivity contribution in [1.29, 1.82) is 0 Å². The van der Waals surface area contributed by atoms with Crippen molar-refractivity contribution in [2.45, 2.75) is 13.3 Å². The van der Waals surface area contributed by atoms with Gasteiger partial charge in [0.2, 0.25) is 5.88 Å². The molecule has 0 spiro atoms. The van der Waals surface area contributed by atoms with Crippen molar-refractivity contribution in [1.82, 2.24) is 4.98 Å². The van der Waals surface area contributed by atoms with Gasteiger partial charge >= 0.3 is 0 Å². The van der Waals surface area contributed by atoms with Gasteiger partial charge in [-0.3, -0.25) is 0 Å². The van der Waals surface area contributed by atoms with E-state index in [0.29, 0.717) is 29.7 Å². The molecule has 1 aromatic heterocycles. The van der Waals surface area contributed by atoms with Crippen LogP contribution in [-0.4, -0.2) is 25.7 Å². The summed E-state index contributed by atoms with van der Waals surface area (Å²) in [4.78, 5) is 4.34. The van der Waals surface area contributed by atoms with Crippen molar-refractivity contribution in [2.24, 2.45) is 5.73 Å². The van der Waals surface area contributed by atoms with Crippen molar-refractivity contribution in [3.8, 4) is 23.1 Å². The Morgan fingerprint density at radius 1 is 1.00 bits per heavy atom. The Morgan fingerprint density at radius 3 is 2.14 bits per heavy atom. The van der Waals surface area contributed by atoms with Gasteiger partial charge in [0.15, 0.2) is 0 Å². The predicted octanol–water partition coefficient (Wildman–Crippen LogP) is 2.70. The quantitative estimate of drug-likeness (QED) is 0.885. The molecule has 0 bridgehead atoms. The van der Waals surface area contributed by atoms with E-state index in [1.165, 1.54) is 0 Å². The van der Waals surface area contributed by atoms with E-state index in [1.54, 1.807) is 38.6 Å². The smallest absolute Gasteiger partial charge is 0.222 e. The van der Waals surface area contributed by atoms with Gasteiger partial charge in [-0.1, -0.05) is 0 Å². The van der Waals surface area contributed by atoms with Crippen molar-refractivity contribution in [3.63, 3.8) is 0 Å². The summed E-state index contributed by atoms with van der Waals surface area (Å²) in [5, 5.41) is 0. The molecule has 0 saturated heterocycles. The molecular formula is C16H20N2O3. The highest BCUT2D eigenvalue weighted by atomic mass is 16.5. The third-order valence-corrected chi connectivity index (χ3v) is 3.06. The average Bonchev–Trinajstić information content (AvgIpc) is 2.50. The van der Waals surface area contributed by atoms with Crippen molar-refractivity contribution < 1.29 is 14.2 Å². The van der Waals surface area contributed by atoms with Crippen LogP contribution in [0.5, 0.6) is 23.1 Å². The lowest BCUT2D eigenvalue weighted by molar-refractivity contribution is 0.384. The van der Waals surface area contributed by atoms with Crippen LogP contribution < -0.4 is 19.9 Å². The van der Waals surface area contributed by atoms with Gasteiger partial charge in [-0.25, -0.2) is 4.98 Å². The molecule has 5 heteroatoms. The molecule has 5 nitrogen and oxygen atoms in total. The van der Waals surface area contributed by atoms with E-state index in [9.17, 15) is 0 Å². The van der Waals surface area contributed by atoms with Gasteiger partial charge in [0.25, 0.3) is 0 Å². The van der Waals surface area contributed by atoms with Crippen LogP contribution in [0.25, 0.3) is 0 Å². The molecule has 2 aromatic rings. The summed E-state index contributed by atoms with van der Waals surface area (Å²) < 4.78 is 16.3. The second kappa shape index (κ2) is 6.95. The molecule has 0 atom stereocenters. The third-order valence-electron chi connectivity index (χ3n) is 3.06. The van der Waals surface area contributed by atoms with Crippen LogP contribution >= 0.6 is 0 Å². The zero-order valence-electron chi connectivity index (χ0n) is 12.6. The summed E-state index contributed by atoms with van der Waals surface area (Å²) in [7, 11) is 3.20. The largest absolute Gasteiger partial charge is 0.496 e. The number of nitrogens with zero attached hydrogens (tertiary/aromatic N) is 1. The first-order valence-electron chi connectivity index (χ1n) is 6.72. The first kappa shape index (κ1) is 15.1. The van der Waals surface area contributed by atoms with Gasteiger partial charge in [-0.2, -0.15) is 0 Å². The number of ether oxygens (including phenoxy) is 3. The summed E-state index contributed by atoms with van der Waals surface area (Å²) in [6.07, 6.45) is 2.59. The van der Waals surface area contributed by atoms with Gasteiger partial charge in [0.05, 0.1) is 14.2 Å². The highest BCUT2D eigenvalue weighted by Crippen LogP contribution is 2.31. The number of nitrogens with two attached hydrogens (primary N) is 1. The minimum atomic E-state index is 0.561. The zero-order valence-corrected chi connectivity index (χ0v) is 12.6. The summed E-state index contributed by atoms with van der Waals surface area (Å²) >= 11 is 0. The van der Waals surface area contributed by atoms with Crippen LogP contribution in [0.4, 0.5) is 0 Å². The molecule has 112 valence electrons. The number of benzene rings is 1. The number of rotatable bonds is 6. The summed E-state index contributed by atoms with van der Waals surface area (Å²) in [6, 6.07) is 7.40. The Morgan fingerprint density at radius 2 is 1.62 bits per heavy atom. The van der Waals surface area contributed by atoms with Gasteiger partial charge in [-0.05, 0) is 31.5 Å². The lowest BCUT2D eigenvalue weighted by Crippen LogP contribution is -2.03. The molecule has 2 N–H and O–H groups in total. The van der Waals surface area contributed by atoms with E-state index in [1.807, 2.05) is 13.0 Å². The van der Waals surface area contributed by atoms with E-state index in [4.69, 9.17) is 19.9 Å². The highest BCUT2D eigenvalue weighted by molar-refractivity contribution is 5.44. The molecule has 0 amide bonds. The zero-order chi connectivity index (χ0) is 15.2. The van der Waals surface area contributed by atoms with Gasteiger partial charge in [0.1, 0.15) is 17.2 Å². The van der Waals surface area contributed by atoms with Crippen LogP contribution in [0.1, 0.15) is 11.1 Å². The maximum absolute atomic E-state index is 5.82. The molecule has 0 radical (unpaired) electrons. The van der Waals surface area contributed by atoms with E-state index < -0.39 is 0 Å². The monoisotopic (exact) mass is 288 g/mol. The number of aryl methyl sites for hydroxylation is 1. The molecule has 0 saturated carbocycles. The van der Waals surface area contributed by atoms with E-state index in [2.05, 4.69) is 4.98 Å². The fraction of sp³-hybridized carbons (Fsp3) is 0.312. The van der Waals surface area contributed by atoms with Crippen molar-refractivity contribution >= 4 is 0 Å². The second-order valence-corrected chi connectivity index (χ2v) is 4.65. The van der Waals surface area contributed by atoms with Gasteiger partial charge in [-0.15, -0.1) is 0 Å². The fourth-order valence-electron chi connectivity index (χ4n) is 1.98. The van der Waals surface area contributed by atoms with E-state index in [-0.39, 0.29) is 0 Å². The lowest BCUT2D eigenvalue weighted by atomic mass is 10.1. The van der Waals surface area contributed by atoms with Crippen molar-refractivity contribution in [3.05, 3.63) is 41.6 Å². The van der Waals surface area contributed by atoms with Crippen LogP contribution in [-0.2, 0) is 6.42 Å². The molecule has 0 fully saturated rings. The van der Waals surface area contributed by atoms with Crippen LogP contribution in [0, 0.1) is 6.92 Å². The predicted molar refractivity (Wildman–Crippen MR) is 81.4 cm³/mol. The van der Waals surface area contributed by atoms with E-state index >= 15 is 0 Å². The summed E-state index contributed by atoms with van der Waals surface area (Å²) in [5.74, 6) is 2.52. The minimum absolute atomic E-state index is 0.561. The van der Waals surface area contributed by atoms with Crippen molar-refractivity contribution in [2.75, 3.05) is 20.8 Å². The second-order valence-electron chi connectivity index (χ2n) is 4.65. The summed E-state index contributed by atoms with van der Waals surface area (Å²) in [6.45, 7) is 2.56. The normalized spacial score (nSPS) is 10.3. The Bertz CT molecular complexity index is 592. The van der Waals surface area contributed by atoms with Crippen LogP contribution in [0.3, 0.4) is 0 Å². The molecular weight excluding hydrogens is 268 g/mol. The number of aromatic nitrogens is 1. The Hall–Kier alpha value is -2.27. The van der Waals surface area contributed by atoms with Crippen LogP contribution in [0.2, 0.25) is 0 Å². The maximum Gasteiger partial charge on any atom is 0.222 e. The Balaban J connectivity index is 2.25. The highest BCUT2D eigenvalue weighted by Gasteiger charge is 2.08. The lowest BCUT2D eigenvalue weighted by Gasteiger charge is -2.11. The molecule has 1 heterocycles. The topological polar surface area (TPSA) is 66.6 Å². The number of methoxy groups -OCH3 is 2. The fourth-order valence-corrected chi connectivity index (χ4v) is 1.98. The molecule has 0 aliphatic carbocycles. The molecule has 21 heavy (non-hydrogen) atoms. The number of hydrogen-bond acceptors (Lipinski definition) is 5. The molecule has 2 rings (SSSR count). The standard InChI is InChI=1S/C16H20N2O3/c1-11-6-12(4-5-17)10-18-16(11)21-15-8-13(19-2)7-14(9-15)20-3/h6-10H,4-5,17H2,1-3H3. The first-order valence-corrected chi connectivity index (χ1v) is 6.72. The van der Waals surface area contributed by atoms with E-state index in [0.717, 1.165) is 17.5 Å². The first-order chi connectivity index (χ1) is 10.2. The summed E-state index contributed by atoms with van der Waals surface area (Å²) in [5.41, 5.74) is 7.61. The Labute approximate surface area is 124 Å². The maximum atomic E-state index is 5.82. The number of hydrogen-bond donors (Lipinski definition) is 1. The number of pyridine rings is 1. The van der Waals surface area contributed by atoms with Gasteiger partial charge in [0, 0.05) is 30.0 Å². The molecule has 0 unspecified atom stereocenters. The Kier molecular flexibility index (Phi) is 5.00. The van der Waals surface area contributed by atoms with Gasteiger partial charge < -0.3 is 19.9 Å². The molecule has 0 aliphatic rings. The third kappa shape index (κ3) is 3.86. The van der Waals surface area contributed by atoms with Crippen LogP contribution in [0.15, 0.2) is 30.5 Å². The SMILES string of the molecule is COc1cc(OC)cc(Oc2ncc(CCN)cc2C)c1. The minimum Gasteiger partial charge on any atom is -0.496 e. The average molecular weight is 288 g/mol. The molecule has 1 aromatic carbocycles.